The average molecular weight is 356 g/mol. The Hall–Kier alpha value is -2.40. The molecule has 0 aromatic heterocycles. The van der Waals surface area contributed by atoms with Crippen LogP contribution in [0.5, 0.6) is 0 Å². The smallest absolute Gasteiger partial charge is 0.308 e. The van der Waals surface area contributed by atoms with E-state index >= 15 is 0 Å². The van der Waals surface area contributed by atoms with Gasteiger partial charge in [0.1, 0.15) is 0 Å². The first-order valence-electron chi connectivity index (χ1n) is 8.11. The van der Waals surface area contributed by atoms with E-state index in [0.29, 0.717) is 29.9 Å². The van der Waals surface area contributed by atoms with Crippen molar-refractivity contribution in [2.75, 3.05) is 24.4 Å². The highest BCUT2D eigenvalue weighted by Gasteiger charge is 2.37. The average Bonchev–Trinajstić information content (AvgIpc) is 2.62. The SMILES string of the molecule is CNCCCN1Cc2cc(C#N)ccc2N(c2ccccc2)S1(=O)=O. The first-order valence-corrected chi connectivity index (χ1v) is 9.50. The molecule has 130 valence electrons. The fourth-order valence-corrected chi connectivity index (χ4v) is 4.66. The monoisotopic (exact) mass is 356 g/mol. The van der Waals surface area contributed by atoms with Crippen LogP contribution in [0.2, 0.25) is 0 Å². The van der Waals surface area contributed by atoms with Crippen LogP contribution in [0.1, 0.15) is 17.5 Å². The van der Waals surface area contributed by atoms with Gasteiger partial charge in [-0.05, 0) is 55.9 Å². The molecule has 0 unspecified atom stereocenters. The van der Waals surface area contributed by atoms with E-state index < -0.39 is 10.2 Å². The van der Waals surface area contributed by atoms with E-state index in [1.54, 1.807) is 30.3 Å². The Morgan fingerprint density at radius 1 is 1.20 bits per heavy atom. The molecule has 0 saturated heterocycles. The Kier molecular flexibility index (Phi) is 5.04. The summed E-state index contributed by atoms with van der Waals surface area (Å²) in [5, 5.41) is 12.2. The summed E-state index contributed by atoms with van der Waals surface area (Å²) in [5.41, 5.74) is 2.56. The molecule has 1 aliphatic heterocycles. The van der Waals surface area contributed by atoms with E-state index in [4.69, 9.17) is 5.26 Å². The van der Waals surface area contributed by atoms with Gasteiger partial charge in [-0.25, -0.2) is 4.31 Å². The Balaban J connectivity index is 2.09. The van der Waals surface area contributed by atoms with E-state index in [1.807, 2.05) is 25.2 Å². The number of anilines is 2. The van der Waals surface area contributed by atoms with Crippen molar-refractivity contribution in [3.63, 3.8) is 0 Å². The third-order valence-corrected chi connectivity index (χ3v) is 5.99. The minimum atomic E-state index is -3.67. The molecular weight excluding hydrogens is 336 g/mol. The Morgan fingerprint density at radius 2 is 1.96 bits per heavy atom. The highest BCUT2D eigenvalue weighted by molar-refractivity contribution is 7.90. The van der Waals surface area contributed by atoms with Crippen LogP contribution in [0.15, 0.2) is 48.5 Å². The van der Waals surface area contributed by atoms with Crippen molar-refractivity contribution in [1.29, 1.82) is 5.26 Å². The number of nitriles is 1. The molecule has 2 aromatic rings. The third-order valence-electron chi connectivity index (χ3n) is 4.16. The van der Waals surface area contributed by atoms with Crippen molar-refractivity contribution in [1.82, 2.24) is 9.62 Å². The Labute approximate surface area is 148 Å². The molecule has 1 heterocycles. The van der Waals surface area contributed by atoms with Gasteiger partial charge in [0, 0.05) is 13.1 Å². The predicted octanol–water partition coefficient (Wildman–Crippen LogP) is 2.37. The van der Waals surface area contributed by atoms with Crippen LogP contribution in [-0.4, -0.2) is 32.9 Å². The zero-order chi connectivity index (χ0) is 17.9. The third kappa shape index (κ3) is 3.37. The lowest BCUT2D eigenvalue weighted by Crippen LogP contribution is -2.46. The van der Waals surface area contributed by atoms with Gasteiger partial charge in [-0.2, -0.15) is 18.0 Å². The number of nitrogens with one attached hydrogen (secondary N) is 1. The molecule has 0 saturated carbocycles. The van der Waals surface area contributed by atoms with E-state index in [-0.39, 0.29) is 6.54 Å². The number of hydrogen-bond donors (Lipinski definition) is 1. The molecule has 1 aliphatic rings. The number of hydrogen-bond acceptors (Lipinski definition) is 4. The fraction of sp³-hybridized carbons (Fsp3) is 0.278. The first-order chi connectivity index (χ1) is 12.1. The van der Waals surface area contributed by atoms with Gasteiger partial charge in [-0.3, -0.25) is 0 Å². The minimum absolute atomic E-state index is 0.278. The number of fused-ring (bicyclic) bond motifs is 1. The Morgan fingerprint density at radius 3 is 2.64 bits per heavy atom. The van der Waals surface area contributed by atoms with E-state index in [1.165, 1.54) is 8.61 Å². The molecule has 25 heavy (non-hydrogen) atoms. The van der Waals surface area contributed by atoms with Crippen LogP contribution in [0.4, 0.5) is 11.4 Å². The standard InChI is InChI=1S/C18H20N4O2S/c1-20-10-5-11-21-14-16-12-15(13-19)8-9-18(16)22(25(21,23)24)17-6-3-2-4-7-17/h2-4,6-9,12,20H,5,10-11,14H2,1H3. The van der Waals surface area contributed by atoms with Crippen LogP contribution in [0.3, 0.4) is 0 Å². The van der Waals surface area contributed by atoms with Crippen LogP contribution in [-0.2, 0) is 16.8 Å². The Bertz CT molecular complexity index is 891. The number of nitrogens with zero attached hydrogens (tertiary/aromatic N) is 3. The van der Waals surface area contributed by atoms with Gasteiger partial charge in [0.25, 0.3) is 0 Å². The molecule has 3 rings (SSSR count). The van der Waals surface area contributed by atoms with Gasteiger partial charge in [0.15, 0.2) is 0 Å². The van der Waals surface area contributed by atoms with Gasteiger partial charge in [0.05, 0.1) is 23.0 Å². The van der Waals surface area contributed by atoms with Crippen LogP contribution >= 0.6 is 0 Å². The summed E-state index contributed by atoms with van der Waals surface area (Å²) in [7, 11) is -1.83. The summed E-state index contributed by atoms with van der Waals surface area (Å²) in [5.74, 6) is 0. The van der Waals surface area contributed by atoms with Crippen molar-refractivity contribution in [2.24, 2.45) is 0 Å². The van der Waals surface area contributed by atoms with Crippen LogP contribution < -0.4 is 9.62 Å². The maximum atomic E-state index is 13.2. The number of rotatable bonds is 5. The van der Waals surface area contributed by atoms with Gasteiger partial charge in [-0.1, -0.05) is 18.2 Å². The maximum absolute atomic E-state index is 13.2. The molecule has 0 aliphatic carbocycles. The van der Waals surface area contributed by atoms with Gasteiger partial charge < -0.3 is 5.32 Å². The molecular formula is C18H20N4O2S. The molecule has 0 radical (unpaired) electrons. The summed E-state index contributed by atoms with van der Waals surface area (Å²) in [6.45, 7) is 1.44. The lowest BCUT2D eigenvalue weighted by Gasteiger charge is -2.37. The fourth-order valence-electron chi connectivity index (χ4n) is 2.95. The van der Waals surface area contributed by atoms with Crippen molar-refractivity contribution in [3.05, 3.63) is 59.7 Å². The first kappa shape index (κ1) is 17.4. The second-order valence-corrected chi connectivity index (χ2v) is 7.63. The number of para-hydroxylation sites is 1. The molecule has 2 aromatic carbocycles. The molecule has 7 heteroatoms. The molecule has 0 amide bonds. The largest absolute Gasteiger partial charge is 0.320 e. The van der Waals surface area contributed by atoms with E-state index in [9.17, 15) is 8.42 Å². The highest BCUT2D eigenvalue weighted by Crippen LogP contribution is 2.38. The van der Waals surface area contributed by atoms with E-state index in [2.05, 4.69) is 11.4 Å². The molecule has 0 spiro atoms. The van der Waals surface area contributed by atoms with Gasteiger partial charge in [0.2, 0.25) is 0 Å². The summed E-state index contributed by atoms with van der Waals surface area (Å²) in [6, 6.07) is 16.3. The predicted molar refractivity (Wildman–Crippen MR) is 97.6 cm³/mol. The van der Waals surface area contributed by atoms with Crippen LogP contribution in [0.25, 0.3) is 0 Å². The molecule has 6 nitrogen and oxygen atoms in total. The number of benzene rings is 2. The maximum Gasteiger partial charge on any atom is 0.308 e. The summed E-state index contributed by atoms with van der Waals surface area (Å²) < 4.78 is 29.2. The van der Waals surface area contributed by atoms with Crippen molar-refractivity contribution in [2.45, 2.75) is 13.0 Å². The normalized spacial score (nSPS) is 16.2. The second kappa shape index (κ2) is 7.23. The second-order valence-electron chi connectivity index (χ2n) is 5.85. The molecule has 0 bridgehead atoms. The molecule has 0 fully saturated rings. The molecule has 0 atom stereocenters. The summed E-state index contributed by atoms with van der Waals surface area (Å²) in [6.07, 6.45) is 0.714. The topological polar surface area (TPSA) is 76.4 Å². The zero-order valence-corrected chi connectivity index (χ0v) is 14.8. The van der Waals surface area contributed by atoms with Crippen molar-refractivity contribution in [3.8, 4) is 6.07 Å². The lowest BCUT2D eigenvalue weighted by atomic mass is 10.1. The summed E-state index contributed by atoms with van der Waals surface area (Å²) >= 11 is 0. The van der Waals surface area contributed by atoms with Gasteiger partial charge >= 0.3 is 10.2 Å². The summed E-state index contributed by atoms with van der Waals surface area (Å²) in [4.78, 5) is 0. The zero-order valence-electron chi connectivity index (χ0n) is 14.0. The highest BCUT2D eigenvalue weighted by atomic mass is 32.2. The van der Waals surface area contributed by atoms with E-state index in [0.717, 1.165) is 12.1 Å². The molecule has 1 N–H and O–H groups in total. The minimum Gasteiger partial charge on any atom is -0.320 e. The van der Waals surface area contributed by atoms with Crippen molar-refractivity contribution >= 4 is 21.6 Å². The quantitative estimate of drug-likeness (QED) is 0.835. The van der Waals surface area contributed by atoms with Gasteiger partial charge in [-0.15, -0.1) is 0 Å². The lowest BCUT2D eigenvalue weighted by molar-refractivity contribution is 0.392. The van der Waals surface area contributed by atoms with Crippen LogP contribution in [0, 0.1) is 11.3 Å². The van der Waals surface area contributed by atoms with Crippen molar-refractivity contribution < 1.29 is 8.42 Å².